The molecule has 0 unspecified atom stereocenters. The molecule has 1 aromatic rings. The molecule has 0 atom stereocenters. The zero-order chi connectivity index (χ0) is 15.6. The van der Waals surface area contributed by atoms with Crippen LogP contribution in [0.3, 0.4) is 0 Å². The molecule has 0 aromatic heterocycles. The maximum Gasteiger partial charge on any atom is 0.257 e. The molecule has 0 saturated carbocycles. The van der Waals surface area contributed by atoms with Crippen LogP contribution in [0.4, 0.5) is 0 Å². The van der Waals surface area contributed by atoms with E-state index in [4.69, 9.17) is 23.2 Å². The van der Waals surface area contributed by atoms with Crippen LogP contribution in [0.5, 0.6) is 5.75 Å². The second-order valence-corrected chi connectivity index (χ2v) is 5.78. The second-order valence-electron chi connectivity index (χ2n) is 4.94. The third-order valence-corrected chi connectivity index (χ3v) is 3.99. The van der Waals surface area contributed by atoms with Gasteiger partial charge in [0.05, 0.1) is 10.6 Å². The zero-order valence-corrected chi connectivity index (χ0v) is 13.1. The van der Waals surface area contributed by atoms with Crippen LogP contribution < -0.4 is 0 Å². The molecule has 1 N–H and O–H groups in total. The highest BCUT2D eigenvalue weighted by Gasteiger charge is 2.24. The molecule has 21 heavy (non-hydrogen) atoms. The SMILES string of the molecule is CC(=O)N1CCCN(C(=O)c2cc(Cl)cc(Cl)c2O)CC1. The van der Waals surface area contributed by atoms with Gasteiger partial charge in [0.15, 0.2) is 0 Å². The van der Waals surface area contributed by atoms with E-state index in [0.717, 1.165) is 0 Å². The fourth-order valence-electron chi connectivity index (χ4n) is 2.33. The Labute approximate surface area is 133 Å². The number of aromatic hydroxyl groups is 1. The van der Waals surface area contributed by atoms with E-state index >= 15 is 0 Å². The average molecular weight is 331 g/mol. The predicted octanol–water partition coefficient (Wildman–Crippen LogP) is 2.39. The number of benzene rings is 1. The van der Waals surface area contributed by atoms with Crippen molar-refractivity contribution in [2.45, 2.75) is 13.3 Å². The number of carbonyl (C=O) groups is 2. The van der Waals surface area contributed by atoms with Gasteiger partial charge in [0.2, 0.25) is 5.91 Å². The monoisotopic (exact) mass is 330 g/mol. The Morgan fingerprint density at radius 3 is 2.38 bits per heavy atom. The summed E-state index contributed by atoms with van der Waals surface area (Å²) < 4.78 is 0. The summed E-state index contributed by atoms with van der Waals surface area (Å²) in [5, 5.41) is 10.3. The minimum Gasteiger partial charge on any atom is -0.506 e. The maximum atomic E-state index is 12.5. The van der Waals surface area contributed by atoms with Crippen LogP contribution in [0.2, 0.25) is 10.0 Å². The highest BCUT2D eigenvalue weighted by atomic mass is 35.5. The van der Waals surface area contributed by atoms with Crippen molar-refractivity contribution in [2.75, 3.05) is 26.2 Å². The molecule has 1 fully saturated rings. The Balaban J connectivity index is 2.19. The molecule has 1 saturated heterocycles. The first-order valence-corrected chi connectivity index (χ1v) is 7.38. The molecule has 1 aromatic carbocycles. The number of phenols is 1. The van der Waals surface area contributed by atoms with Crippen molar-refractivity contribution >= 4 is 35.0 Å². The molecule has 0 radical (unpaired) electrons. The van der Waals surface area contributed by atoms with Crippen molar-refractivity contribution in [1.82, 2.24) is 9.80 Å². The van der Waals surface area contributed by atoms with E-state index in [0.29, 0.717) is 37.6 Å². The van der Waals surface area contributed by atoms with Gasteiger partial charge >= 0.3 is 0 Å². The molecule has 0 aliphatic carbocycles. The molecule has 114 valence electrons. The van der Waals surface area contributed by atoms with E-state index < -0.39 is 0 Å². The molecule has 1 aliphatic heterocycles. The molecule has 5 nitrogen and oxygen atoms in total. The average Bonchev–Trinajstić information content (AvgIpc) is 2.68. The number of nitrogens with zero attached hydrogens (tertiary/aromatic N) is 2. The molecule has 0 bridgehead atoms. The van der Waals surface area contributed by atoms with Gasteiger partial charge in [-0.1, -0.05) is 23.2 Å². The molecule has 1 aliphatic rings. The highest BCUT2D eigenvalue weighted by Crippen LogP contribution is 2.32. The Morgan fingerprint density at radius 2 is 1.71 bits per heavy atom. The summed E-state index contributed by atoms with van der Waals surface area (Å²) >= 11 is 11.7. The van der Waals surface area contributed by atoms with E-state index in [1.165, 1.54) is 19.1 Å². The number of hydrogen-bond donors (Lipinski definition) is 1. The lowest BCUT2D eigenvalue weighted by molar-refractivity contribution is -0.128. The molecule has 7 heteroatoms. The Kier molecular flexibility index (Phi) is 4.96. The van der Waals surface area contributed by atoms with Gasteiger partial charge in [-0.3, -0.25) is 9.59 Å². The van der Waals surface area contributed by atoms with Crippen molar-refractivity contribution < 1.29 is 14.7 Å². The van der Waals surface area contributed by atoms with Gasteiger partial charge in [-0.2, -0.15) is 0 Å². The number of hydrogen-bond acceptors (Lipinski definition) is 3. The number of amides is 2. The molecule has 2 amide bonds. The summed E-state index contributed by atoms with van der Waals surface area (Å²) in [4.78, 5) is 27.2. The number of halogens is 2. The topological polar surface area (TPSA) is 60.9 Å². The van der Waals surface area contributed by atoms with Crippen LogP contribution >= 0.6 is 23.2 Å². The first-order valence-electron chi connectivity index (χ1n) is 6.63. The summed E-state index contributed by atoms with van der Waals surface area (Å²) in [7, 11) is 0. The van der Waals surface area contributed by atoms with Gasteiger partial charge in [0.1, 0.15) is 5.75 Å². The summed E-state index contributed by atoms with van der Waals surface area (Å²) in [6.45, 7) is 3.56. The molecular formula is C14H16Cl2N2O3. The lowest BCUT2D eigenvalue weighted by atomic mass is 10.1. The zero-order valence-electron chi connectivity index (χ0n) is 11.6. The van der Waals surface area contributed by atoms with Gasteiger partial charge < -0.3 is 14.9 Å². The molecule has 0 spiro atoms. The van der Waals surface area contributed by atoms with E-state index in [1.54, 1.807) is 9.80 Å². The van der Waals surface area contributed by atoms with Crippen molar-refractivity contribution in [3.8, 4) is 5.75 Å². The lowest BCUT2D eigenvalue weighted by Crippen LogP contribution is -2.36. The van der Waals surface area contributed by atoms with Crippen molar-refractivity contribution in [3.63, 3.8) is 0 Å². The molecular weight excluding hydrogens is 315 g/mol. The minimum absolute atomic E-state index is 0.00190. The minimum atomic E-state index is -0.331. The fraction of sp³-hybridized carbons (Fsp3) is 0.429. The van der Waals surface area contributed by atoms with E-state index in [2.05, 4.69) is 0 Å². The quantitative estimate of drug-likeness (QED) is 0.860. The van der Waals surface area contributed by atoms with Crippen LogP contribution in [0, 0.1) is 0 Å². The summed E-state index contributed by atoms with van der Waals surface area (Å²) in [5.74, 6) is -0.598. The van der Waals surface area contributed by atoms with Crippen LogP contribution in [0.25, 0.3) is 0 Å². The van der Waals surface area contributed by atoms with Crippen LogP contribution in [0.15, 0.2) is 12.1 Å². The smallest absolute Gasteiger partial charge is 0.257 e. The van der Waals surface area contributed by atoms with Gasteiger partial charge in [0.25, 0.3) is 5.91 Å². The predicted molar refractivity (Wildman–Crippen MR) is 80.9 cm³/mol. The highest BCUT2D eigenvalue weighted by molar-refractivity contribution is 6.36. The van der Waals surface area contributed by atoms with Gasteiger partial charge in [0, 0.05) is 38.1 Å². The lowest BCUT2D eigenvalue weighted by Gasteiger charge is -2.22. The first kappa shape index (κ1) is 15.9. The number of carbonyl (C=O) groups excluding carboxylic acids is 2. The third-order valence-electron chi connectivity index (χ3n) is 3.49. The summed E-state index contributed by atoms with van der Waals surface area (Å²) in [5.41, 5.74) is 0.0868. The van der Waals surface area contributed by atoms with Gasteiger partial charge in [-0.15, -0.1) is 0 Å². The Morgan fingerprint density at radius 1 is 1.10 bits per heavy atom. The summed E-state index contributed by atoms with van der Waals surface area (Å²) in [6, 6.07) is 2.79. The largest absolute Gasteiger partial charge is 0.506 e. The molecule has 1 heterocycles. The standard InChI is InChI=1S/C14H16Cl2N2O3/c1-9(19)17-3-2-4-18(6-5-17)14(21)11-7-10(15)8-12(16)13(11)20/h7-8,20H,2-6H2,1H3. The van der Waals surface area contributed by atoms with Crippen molar-refractivity contribution in [2.24, 2.45) is 0 Å². The summed E-state index contributed by atoms with van der Waals surface area (Å²) in [6.07, 6.45) is 0.695. The normalized spacial score (nSPS) is 15.8. The maximum absolute atomic E-state index is 12.5. The Bertz CT molecular complexity index is 578. The molecule has 2 rings (SSSR count). The van der Waals surface area contributed by atoms with Crippen molar-refractivity contribution in [3.05, 3.63) is 27.7 Å². The van der Waals surface area contributed by atoms with E-state index in [1.807, 2.05) is 0 Å². The van der Waals surface area contributed by atoms with Crippen LogP contribution in [-0.4, -0.2) is 52.9 Å². The Hall–Kier alpha value is -1.46. The van der Waals surface area contributed by atoms with Crippen molar-refractivity contribution in [1.29, 1.82) is 0 Å². The van der Waals surface area contributed by atoms with Crippen LogP contribution in [-0.2, 0) is 4.79 Å². The number of rotatable bonds is 1. The van der Waals surface area contributed by atoms with Gasteiger partial charge in [-0.05, 0) is 18.6 Å². The van der Waals surface area contributed by atoms with E-state index in [-0.39, 0.29) is 28.1 Å². The van der Waals surface area contributed by atoms with E-state index in [9.17, 15) is 14.7 Å². The van der Waals surface area contributed by atoms with Gasteiger partial charge in [-0.25, -0.2) is 0 Å². The second kappa shape index (κ2) is 6.54. The number of phenolic OH excluding ortho intramolecular Hbond substituents is 1. The third kappa shape index (κ3) is 3.60. The fourth-order valence-corrected chi connectivity index (χ4v) is 2.83. The van der Waals surface area contributed by atoms with Crippen LogP contribution in [0.1, 0.15) is 23.7 Å². The first-order chi connectivity index (χ1) is 9.90.